The molecule has 0 aliphatic rings. The average Bonchev–Trinajstić information content (AvgIpc) is 2.04. The third kappa shape index (κ3) is 3.50. The van der Waals surface area contributed by atoms with Crippen LogP contribution in [0.15, 0.2) is 33.6 Å². The molecule has 0 amide bonds. The largest absolute Gasteiger partial charge is 0.126 e. The monoisotopic (exact) mass is 250 g/mol. The molecule has 11 heavy (non-hydrogen) atoms. The van der Waals surface area contributed by atoms with Crippen LogP contribution in [-0.2, 0) is 0 Å². The second kappa shape index (κ2) is 5.07. The SMILES string of the molecule is ClCCSc1ccc(Br)cc1. The van der Waals surface area contributed by atoms with Gasteiger partial charge in [0.25, 0.3) is 0 Å². The van der Waals surface area contributed by atoms with Crippen LogP contribution < -0.4 is 0 Å². The van der Waals surface area contributed by atoms with E-state index in [1.165, 1.54) is 4.90 Å². The summed E-state index contributed by atoms with van der Waals surface area (Å²) in [4.78, 5) is 1.27. The minimum Gasteiger partial charge on any atom is -0.126 e. The summed E-state index contributed by atoms with van der Waals surface area (Å²) in [6.45, 7) is 0. The third-order valence-corrected chi connectivity index (χ3v) is 3.12. The summed E-state index contributed by atoms with van der Waals surface area (Å²) < 4.78 is 1.12. The van der Waals surface area contributed by atoms with Crippen LogP contribution >= 0.6 is 39.3 Å². The van der Waals surface area contributed by atoms with Crippen LogP contribution in [0.25, 0.3) is 0 Å². The lowest BCUT2D eigenvalue weighted by Crippen LogP contribution is -1.78. The minimum absolute atomic E-state index is 0.709. The lowest BCUT2D eigenvalue weighted by Gasteiger charge is -1.97. The van der Waals surface area contributed by atoms with Crippen LogP contribution in [0.5, 0.6) is 0 Å². The number of benzene rings is 1. The van der Waals surface area contributed by atoms with E-state index in [1.54, 1.807) is 11.8 Å². The second-order valence-corrected chi connectivity index (χ2v) is 4.45. The van der Waals surface area contributed by atoms with E-state index in [-0.39, 0.29) is 0 Å². The van der Waals surface area contributed by atoms with E-state index >= 15 is 0 Å². The lowest BCUT2D eigenvalue weighted by atomic mass is 10.4. The first kappa shape index (κ1) is 9.43. The Morgan fingerprint density at radius 2 is 1.91 bits per heavy atom. The predicted octanol–water partition coefficient (Wildman–Crippen LogP) is 3.78. The van der Waals surface area contributed by atoms with Gasteiger partial charge in [-0.25, -0.2) is 0 Å². The fourth-order valence-corrected chi connectivity index (χ4v) is 1.82. The van der Waals surface area contributed by atoms with Crippen molar-refractivity contribution < 1.29 is 0 Å². The Morgan fingerprint density at radius 1 is 1.27 bits per heavy atom. The number of rotatable bonds is 3. The Bertz CT molecular complexity index is 210. The molecule has 0 spiro atoms. The Hall–Kier alpha value is 0.340. The molecule has 0 N–H and O–H groups in total. The van der Waals surface area contributed by atoms with Gasteiger partial charge in [0.2, 0.25) is 0 Å². The maximum absolute atomic E-state index is 5.55. The summed E-state index contributed by atoms with van der Waals surface area (Å²) in [5.74, 6) is 1.68. The zero-order valence-corrected chi connectivity index (χ0v) is 9.05. The Labute approximate surface area is 84.5 Å². The molecule has 0 radical (unpaired) electrons. The first-order valence-corrected chi connectivity index (χ1v) is 5.58. The molecular weight excluding hydrogens is 244 g/mol. The molecule has 0 aliphatic heterocycles. The van der Waals surface area contributed by atoms with Gasteiger partial charge in [-0.15, -0.1) is 23.4 Å². The average molecular weight is 252 g/mol. The Balaban J connectivity index is 2.52. The maximum Gasteiger partial charge on any atom is 0.0317 e. The minimum atomic E-state index is 0.709. The van der Waals surface area contributed by atoms with Crippen molar-refractivity contribution in [1.29, 1.82) is 0 Å². The van der Waals surface area contributed by atoms with Gasteiger partial charge in [0, 0.05) is 21.0 Å². The molecule has 0 bridgehead atoms. The fourth-order valence-electron chi connectivity index (χ4n) is 0.687. The van der Waals surface area contributed by atoms with Gasteiger partial charge in [0.05, 0.1) is 0 Å². The molecule has 0 unspecified atom stereocenters. The van der Waals surface area contributed by atoms with Crippen LogP contribution in [0.4, 0.5) is 0 Å². The molecule has 0 nitrogen and oxygen atoms in total. The van der Waals surface area contributed by atoms with Gasteiger partial charge >= 0.3 is 0 Å². The van der Waals surface area contributed by atoms with Crippen molar-refractivity contribution in [3.8, 4) is 0 Å². The molecule has 1 rings (SSSR count). The van der Waals surface area contributed by atoms with Crippen molar-refractivity contribution in [1.82, 2.24) is 0 Å². The highest BCUT2D eigenvalue weighted by Crippen LogP contribution is 2.20. The van der Waals surface area contributed by atoms with Crippen LogP contribution in [0.2, 0.25) is 0 Å². The quantitative estimate of drug-likeness (QED) is 0.582. The maximum atomic E-state index is 5.55. The highest BCUT2D eigenvalue weighted by atomic mass is 79.9. The molecular formula is C8H8BrClS. The molecule has 0 heterocycles. The van der Waals surface area contributed by atoms with Crippen molar-refractivity contribution >= 4 is 39.3 Å². The summed E-state index contributed by atoms with van der Waals surface area (Å²) in [7, 11) is 0. The van der Waals surface area contributed by atoms with E-state index in [2.05, 4.69) is 28.1 Å². The molecule has 0 fully saturated rings. The highest BCUT2D eigenvalue weighted by Gasteiger charge is 1.91. The predicted molar refractivity (Wildman–Crippen MR) is 55.6 cm³/mol. The van der Waals surface area contributed by atoms with E-state index in [0.29, 0.717) is 5.88 Å². The number of hydrogen-bond acceptors (Lipinski definition) is 1. The van der Waals surface area contributed by atoms with Crippen LogP contribution in [-0.4, -0.2) is 11.6 Å². The van der Waals surface area contributed by atoms with Gasteiger partial charge in [-0.2, -0.15) is 0 Å². The first-order valence-electron chi connectivity index (χ1n) is 3.27. The van der Waals surface area contributed by atoms with Crippen LogP contribution in [0.3, 0.4) is 0 Å². The highest BCUT2D eigenvalue weighted by molar-refractivity contribution is 9.10. The second-order valence-electron chi connectivity index (χ2n) is 1.99. The van der Waals surface area contributed by atoms with Crippen LogP contribution in [0, 0.1) is 0 Å². The zero-order valence-electron chi connectivity index (χ0n) is 5.89. The van der Waals surface area contributed by atoms with Gasteiger partial charge in [-0.05, 0) is 24.3 Å². The lowest BCUT2D eigenvalue weighted by molar-refractivity contribution is 1.42. The summed E-state index contributed by atoms with van der Waals surface area (Å²) in [6.07, 6.45) is 0. The van der Waals surface area contributed by atoms with E-state index in [9.17, 15) is 0 Å². The standard InChI is InChI=1S/C8H8BrClS/c9-7-1-3-8(4-2-7)11-6-5-10/h1-4H,5-6H2. The molecule has 0 aliphatic carbocycles. The normalized spacial score (nSPS) is 10.0. The van der Waals surface area contributed by atoms with Crippen molar-refractivity contribution in [2.75, 3.05) is 11.6 Å². The van der Waals surface area contributed by atoms with Crippen molar-refractivity contribution in [2.45, 2.75) is 4.90 Å². The molecule has 0 atom stereocenters. The molecule has 0 aromatic heterocycles. The summed E-state index contributed by atoms with van der Waals surface area (Å²) in [6, 6.07) is 8.25. The van der Waals surface area contributed by atoms with Gasteiger partial charge in [-0.3, -0.25) is 0 Å². The van der Waals surface area contributed by atoms with Gasteiger partial charge in [0.1, 0.15) is 0 Å². The van der Waals surface area contributed by atoms with Crippen molar-refractivity contribution in [3.05, 3.63) is 28.7 Å². The summed E-state index contributed by atoms with van der Waals surface area (Å²) >= 11 is 10.7. The summed E-state index contributed by atoms with van der Waals surface area (Å²) in [5.41, 5.74) is 0. The first-order chi connectivity index (χ1) is 5.33. The zero-order chi connectivity index (χ0) is 8.10. The van der Waals surface area contributed by atoms with Crippen molar-refractivity contribution in [3.63, 3.8) is 0 Å². The molecule has 60 valence electrons. The Kier molecular flexibility index (Phi) is 4.34. The molecule has 0 saturated heterocycles. The fraction of sp³-hybridized carbons (Fsp3) is 0.250. The van der Waals surface area contributed by atoms with E-state index in [0.717, 1.165) is 10.2 Å². The summed E-state index contributed by atoms with van der Waals surface area (Å²) in [5, 5.41) is 0. The van der Waals surface area contributed by atoms with Crippen LogP contribution in [0.1, 0.15) is 0 Å². The third-order valence-electron chi connectivity index (χ3n) is 1.16. The van der Waals surface area contributed by atoms with Gasteiger partial charge in [-0.1, -0.05) is 15.9 Å². The molecule has 0 saturated carbocycles. The smallest absolute Gasteiger partial charge is 0.0317 e. The Morgan fingerprint density at radius 3 is 2.45 bits per heavy atom. The van der Waals surface area contributed by atoms with Gasteiger partial charge < -0.3 is 0 Å². The number of halogens is 2. The topological polar surface area (TPSA) is 0 Å². The molecule has 3 heteroatoms. The number of hydrogen-bond donors (Lipinski definition) is 0. The van der Waals surface area contributed by atoms with E-state index in [4.69, 9.17) is 11.6 Å². The van der Waals surface area contributed by atoms with E-state index < -0.39 is 0 Å². The number of thioether (sulfide) groups is 1. The van der Waals surface area contributed by atoms with Gasteiger partial charge in [0.15, 0.2) is 0 Å². The number of alkyl halides is 1. The van der Waals surface area contributed by atoms with Crippen molar-refractivity contribution in [2.24, 2.45) is 0 Å². The molecule has 1 aromatic carbocycles. The van der Waals surface area contributed by atoms with E-state index in [1.807, 2.05) is 12.1 Å². The molecule has 1 aromatic rings.